The summed E-state index contributed by atoms with van der Waals surface area (Å²) in [6.07, 6.45) is 1.25. The second kappa shape index (κ2) is 5.57. The van der Waals surface area contributed by atoms with Crippen molar-refractivity contribution in [1.29, 1.82) is 0 Å². The van der Waals surface area contributed by atoms with Crippen LogP contribution in [0.1, 0.15) is 10.4 Å². The minimum atomic E-state index is -0.595. The van der Waals surface area contributed by atoms with Gasteiger partial charge in [0.2, 0.25) is 0 Å². The molecule has 1 aromatic carbocycles. The third-order valence-electron chi connectivity index (χ3n) is 3.69. The van der Waals surface area contributed by atoms with Crippen LogP contribution >= 0.6 is 0 Å². The highest BCUT2D eigenvalue weighted by Crippen LogP contribution is 2.17. The molecule has 2 N–H and O–H groups in total. The average molecular weight is 287 g/mol. The Bertz CT molecular complexity index is 680. The number of H-pyrrole nitrogens is 1. The summed E-state index contributed by atoms with van der Waals surface area (Å²) in [7, 11) is 1.56. The topological polar surface area (TPSA) is 74.4 Å². The highest BCUT2D eigenvalue weighted by Gasteiger charge is 2.29. The molecule has 2 aromatic rings. The Labute approximate surface area is 122 Å². The molecule has 2 amide bonds. The molecule has 0 saturated carbocycles. The fraction of sp³-hybridized carbons (Fsp3) is 0.333. The van der Waals surface area contributed by atoms with Crippen LogP contribution in [-0.4, -0.2) is 54.5 Å². The van der Waals surface area contributed by atoms with Crippen molar-refractivity contribution in [1.82, 2.24) is 15.2 Å². The first-order valence-corrected chi connectivity index (χ1v) is 6.88. The van der Waals surface area contributed by atoms with Crippen LogP contribution in [0.15, 0.2) is 30.5 Å². The van der Waals surface area contributed by atoms with Gasteiger partial charge in [-0.1, -0.05) is 6.07 Å². The summed E-state index contributed by atoms with van der Waals surface area (Å²) in [5.74, 6) is -0.281. The smallest absolute Gasteiger partial charge is 0.254 e. The molecule has 0 radical (unpaired) electrons. The molecule has 0 spiro atoms. The van der Waals surface area contributed by atoms with E-state index in [4.69, 9.17) is 4.74 Å². The quantitative estimate of drug-likeness (QED) is 0.856. The van der Waals surface area contributed by atoms with E-state index in [-0.39, 0.29) is 18.4 Å². The Kier molecular flexibility index (Phi) is 3.62. The summed E-state index contributed by atoms with van der Waals surface area (Å²) in [5, 5.41) is 3.61. The van der Waals surface area contributed by atoms with Crippen LogP contribution in [0.3, 0.4) is 0 Å². The summed E-state index contributed by atoms with van der Waals surface area (Å²) in [6, 6.07) is 7.51. The molecule has 1 atom stereocenters. The number of fused-ring (bicyclic) bond motifs is 1. The highest BCUT2D eigenvalue weighted by molar-refractivity contribution is 5.98. The molecule has 1 aliphatic rings. The first-order chi connectivity index (χ1) is 10.2. The second-order valence-corrected chi connectivity index (χ2v) is 5.00. The zero-order chi connectivity index (χ0) is 14.8. The molecule has 6 heteroatoms. The molecule has 1 fully saturated rings. The maximum atomic E-state index is 12.5. The van der Waals surface area contributed by atoms with Crippen LogP contribution in [0, 0.1) is 0 Å². The number of benzene rings is 1. The molecular formula is C15H17N3O3. The van der Waals surface area contributed by atoms with Crippen LogP contribution in [-0.2, 0) is 9.53 Å². The largest absolute Gasteiger partial charge is 0.365 e. The average Bonchev–Trinajstić information content (AvgIpc) is 3.01. The number of aromatic nitrogens is 1. The van der Waals surface area contributed by atoms with Gasteiger partial charge >= 0.3 is 0 Å². The van der Waals surface area contributed by atoms with Gasteiger partial charge < -0.3 is 19.9 Å². The van der Waals surface area contributed by atoms with Crippen molar-refractivity contribution in [2.75, 3.05) is 26.7 Å². The monoisotopic (exact) mass is 287 g/mol. The van der Waals surface area contributed by atoms with Crippen molar-refractivity contribution in [3.63, 3.8) is 0 Å². The number of amides is 2. The van der Waals surface area contributed by atoms with E-state index < -0.39 is 6.10 Å². The zero-order valence-electron chi connectivity index (χ0n) is 11.8. The van der Waals surface area contributed by atoms with Crippen LogP contribution < -0.4 is 5.32 Å². The lowest BCUT2D eigenvalue weighted by Crippen LogP contribution is -2.51. The van der Waals surface area contributed by atoms with Gasteiger partial charge in [0.1, 0.15) is 0 Å². The maximum absolute atomic E-state index is 12.5. The van der Waals surface area contributed by atoms with Crippen molar-refractivity contribution < 1.29 is 14.3 Å². The van der Waals surface area contributed by atoms with Crippen LogP contribution in [0.5, 0.6) is 0 Å². The molecule has 0 bridgehead atoms. The molecule has 3 rings (SSSR count). The Balaban J connectivity index is 1.78. The van der Waals surface area contributed by atoms with E-state index in [1.54, 1.807) is 11.9 Å². The predicted molar refractivity (Wildman–Crippen MR) is 78.0 cm³/mol. The number of morpholine rings is 1. The standard InChI is InChI=1S/C15H17N3O3/c1-16-14(19)13-9-18(6-7-21-13)15(20)11-3-2-10-4-5-17-12(10)8-11/h2-5,8,13,17H,6-7,9H2,1H3,(H,16,19). The lowest BCUT2D eigenvalue weighted by molar-refractivity contribution is -0.136. The number of nitrogens with one attached hydrogen (secondary N) is 2. The maximum Gasteiger partial charge on any atom is 0.254 e. The van der Waals surface area contributed by atoms with Gasteiger partial charge in [-0.15, -0.1) is 0 Å². The number of hydrogen-bond donors (Lipinski definition) is 2. The molecule has 1 aromatic heterocycles. The molecule has 21 heavy (non-hydrogen) atoms. The van der Waals surface area contributed by atoms with E-state index in [0.717, 1.165) is 10.9 Å². The number of likely N-dealkylation sites (N-methyl/N-ethyl adjacent to an activating group) is 1. The first kappa shape index (κ1) is 13.6. The van der Waals surface area contributed by atoms with E-state index in [2.05, 4.69) is 10.3 Å². The minimum absolute atomic E-state index is 0.0799. The van der Waals surface area contributed by atoms with E-state index >= 15 is 0 Å². The van der Waals surface area contributed by atoms with Gasteiger partial charge in [-0.25, -0.2) is 0 Å². The van der Waals surface area contributed by atoms with E-state index in [0.29, 0.717) is 18.7 Å². The summed E-state index contributed by atoms with van der Waals surface area (Å²) in [5.41, 5.74) is 1.54. The Hall–Kier alpha value is -2.34. The fourth-order valence-electron chi connectivity index (χ4n) is 2.52. The van der Waals surface area contributed by atoms with Gasteiger partial charge in [0.25, 0.3) is 11.8 Å². The second-order valence-electron chi connectivity index (χ2n) is 5.00. The lowest BCUT2D eigenvalue weighted by atomic mass is 10.1. The predicted octanol–water partition coefficient (Wildman–Crippen LogP) is 0.755. The third kappa shape index (κ3) is 2.62. The van der Waals surface area contributed by atoms with Crippen molar-refractivity contribution in [2.45, 2.75) is 6.10 Å². The number of nitrogens with zero attached hydrogens (tertiary/aromatic N) is 1. The number of aromatic amines is 1. The summed E-state index contributed by atoms with van der Waals surface area (Å²) < 4.78 is 5.39. The fourth-order valence-corrected chi connectivity index (χ4v) is 2.52. The van der Waals surface area contributed by atoms with E-state index in [1.165, 1.54) is 0 Å². The van der Waals surface area contributed by atoms with E-state index in [1.807, 2.05) is 30.5 Å². The Morgan fingerprint density at radius 3 is 3.05 bits per heavy atom. The molecule has 1 saturated heterocycles. The van der Waals surface area contributed by atoms with Gasteiger partial charge in [-0.2, -0.15) is 0 Å². The molecule has 0 aliphatic carbocycles. The van der Waals surface area contributed by atoms with Gasteiger partial charge in [0, 0.05) is 30.9 Å². The number of carbonyl (C=O) groups is 2. The summed E-state index contributed by atoms with van der Waals surface area (Å²) >= 11 is 0. The van der Waals surface area contributed by atoms with Gasteiger partial charge in [0.05, 0.1) is 13.2 Å². The number of ether oxygens (including phenoxy) is 1. The zero-order valence-corrected chi connectivity index (χ0v) is 11.8. The van der Waals surface area contributed by atoms with Crippen LogP contribution in [0.25, 0.3) is 10.9 Å². The lowest BCUT2D eigenvalue weighted by Gasteiger charge is -2.32. The van der Waals surface area contributed by atoms with Gasteiger partial charge in [-0.05, 0) is 23.6 Å². The van der Waals surface area contributed by atoms with Gasteiger partial charge in [-0.3, -0.25) is 9.59 Å². The highest BCUT2D eigenvalue weighted by atomic mass is 16.5. The molecular weight excluding hydrogens is 270 g/mol. The van der Waals surface area contributed by atoms with Crippen molar-refractivity contribution in [3.8, 4) is 0 Å². The molecule has 1 aliphatic heterocycles. The first-order valence-electron chi connectivity index (χ1n) is 6.88. The van der Waals surface area contributed by atoms with Crippen molar-refractivity contribution in [3.05, 3.63) is 36.0 Å². The molecule has 110 valence electrons. The van der Waals surface area contributed by atoms with Crippen molar-refractivity contribution in [2.24, 2.45) is 0 Å². The van der Waals surface area contributed by atoms with Crippen LogP contribution in [0.4, 0.5) is 0 Å². The molecule has 1 unspecified atom stereocenters. The summed E-state index contributed by atoms with van der Waals surface area (Å²) in [4.78, 5) is 28.9. The Morgan fingerprint density at radius 1 is 1.38 bits per heavy atom. The number of rotatable bonds is 2. The van der Waals surface area contributed by atoms with Gasteiger partial charge in [0.15, 0.2) is 6.10 Å². The van der Waals surface area contributed by atoms with Crippen molar-refractivity contribution >= 4 is 22.7 Å². The molecule has 2 heterocycles. The summed E-state index contributed by atoms with van der Waals surface area (Å²) in [6.45, 7) is 1.14. The molecule has 6 nitrogen and oxygen atoms in total. The Morgan fingerprint density at radius 2 is 2.24 bits per heavy atom. The normalized spacial score (nSPS) is 18.7. The SMILES string of the molecule is CNC(=O)C1CN(C(=O)c2ccc3cc[nH]c3c2)CCO1. The number of hydrogen-bond acceptors (Lipinski definition) is 3. The number of carbonyl (C=O) groups excluding carboxylic acids is 2. The minimum Gasteiger partial charge on any atom is -0.365 e. The van der Waals surface area contributed by atoms with Crippen LogP contribution in [0.2, 0.25) is 0 Å². The van der Waals surface area contributed by atoms with E-state index in [9.17, 15) is 9.59 Å². The third-order valence-corrected chi connectivity index (χ3v) is 3.69.